The minimum atomic E-state index is -1.16. The highest BCUT2D eigenvalue weighted by Gasteiger charge is 2.22. The molecule has 0 aliphatic heterocycles. The summed E-state index contributed by atoms with van der Waals surface area (Å²) in [4.78, 5) is 37.1. The van der Waals surface area contributed by atoms with Crippen LogP contribution >= 0.6 is 11.3 Å². The van der Waals surface area contributed by atoms with Crippen molar-refractivity contribution in [2.45, 2.75) is 45.1 Å². The number of primary amides is 1. The van der Waals surface area contributed by atoms with Crippen LogP contribution in [0.3, 0.4) is 0 Å². The van der Waals surface area contributed by atoms with Crippen molar-refractivity contribution in [3.63, 3.8) is 0 Å². The Hall–Kier alpha value is -2.62. The van der Waals surface area contributed by atoms with Gasteiger partial charge in [-0.15, -0.1) is 11.3 Å². The highest BCUT2D eigenvalue weighted by Crippen LogP contribution is 2.35. The second kappa shape index (κ2) is 8.59. The van der Waals surface area contributed by atoms with Crippen molar-refractivity contribution < 1.29 is 19.5 Å². The standard InChI is InChI=1S/C18H25N5O4S/c1-11-13-9-14(16(26)20-7-8-22(18(19)27)10-15(24)25)28-17(13)23(21-11)12-5-3-2-4-6-12/h9,12H,2-8,10H2,1H3,(H2,19,27)(H,20,26)(H,24,25). The van der Waals surface area contributed by atoms with E-state index in [9.17, 15) is 14.4 Å². The van der Waals surface area contributed by atoms with E-state index in [1.165, 1.54) is 30.6 Å². The summed E-state index contributed by atoms with van der Waals surface area (Å²) in [5.74, 6) is -1.41. The Kier molecular flexibility index (Phi) is 6.18. The monoisotopic (exact) mass is 407 g/mol. The Balaban J connectivity index is 1.67. The van der Waals surface area contributed by atoms with Crippen LogP contribution in [0.1, 0.15) is 53.5 Å². The number of hydrogen-bond acceptors (Lipinski definition) is 5. The van der Waals surface area contributed by atoms with Crippen LogP contribution in [0.15, 0.2) is 6.07 Å². The van der Waals surface area contributed by atoms with Crippen molar-refractivity contribution in [3.8, 4) is 0 Å². The van der Waals surface area contributed by atoms with Gasteiger partial charge in [0.2, 0.25) is 0 Å². The van der Waals surface area contributed by atoms with Gasteiger partial charge >= 0.3 is 12.0 Å². The number of hydrogen-bond donors (Lipinski definition) is 3. The smallest absolute Gasteiger partial charge is 0.323 e. The highest BCUT2D eigenvalue weighted by molar-refractivity contribution is 7.20. The molecule has 0 atom stereocenters. The van der Waals surface area contributed by atoms with Crippen LogP contribution < -0.4 is 11.1 Å². The number of carbonyl (C=O) groups is 3. The lowest BCUT2D eigenvalue weighted by Gasteiger charge is -2.22. The van der Waals surface area contributed by atoms with Crippen molar-refractivity contribution in [1.29, 1.82) is 0 Å². The zero-order valence-electron chi connectivity index (χ0n) is 15.8. The largest absolute Gasteiger partial charge is 0.480 e. The van der Waals surface area contributed by atoms with E-state index in [1.54, 1.807) is 0 Å². The molecule has 2 heterocycles. The summed E-state index contributed by atoms with van der Waals surface area (Å²) < 4.78 is 2.08. The zero-order chi connectivity index (χ0) is 20.3. The molecule has 0 aromatic carbocycles. The fourth-order valence-corrected chi connectivity index (χ4v) is 4.73. The number of carbonyl (C=O) groups excluding carboxylic acids is 2. The first kappa shape index (κ1) is 20.1. The van der Waals surface area contributed by atoms with Gasteiger partial charge in [0, 0.05) is 18.5 Å². The lowest BCUT2D eigenvalue weighted by atomic mass is 9.96. The van der Waals surface area contributed by atoms with Crippen molar-refractivity contribution in [2.24, 2.45) is 5.73 Å². The molecule has 0 saturated heterocycles. The fraction of sp³-hybridized carbons (Fsp3) is 0.556. The average Bonchev–Trinajstić information content (AvgIpc) is 3.22. The lowest BCUT2D eigenvalue weighted by molar-refractivity contribution is -0.137. The molecule has 152 valence electrons. The van der Waals surface area contributed by atoms with Gasteiger partial charge < -0.3 is 21.1 Å². The van der Waals surface area contributed by atoms with Crippen molar-refractivity contribution >= 4 is 39.5 Å². The molecule has 0 spiro atoms. The maximum atomic E-state index is 12.5. The number of aryl methyl sites for hydroxylation is 1. The van der Waals surface area contributed by atoms with Gasteiger partial charge in [-0.2, -0.15) is 5.10 Å². The molecule has 1 aliphatic rings. The Bertz CT molecular complexity index is 884. The van der Waals surface area contributed by atoms with Gasteiger partial charge in [-0.1, -0.05) is 19.3 Å². The normalized spacial score (nSPS) is 14.9. The highest BCUT2D eigenvalue weighted by atomic mass is 32.1. The van der Waals surface area contributed by atoms with Gasteiger partial charge in [-0.3, -0.25) is 14.3 Å². The Labute approximate surface area is 166 Å². The molecule has 4 N–H and O–H groups in total. The molecule has 10 heteroatoms. The minimum Gasteiger partial charge on any atom is -0.480 e. The number of carboxylic acids is 1. The number of urea groups is 1. The molecular weight excluding hydrogens is 382 g/mol. The Morgan fingerprint density at radius 2 is 2.07 bits per heavy atom. The molecular formula is C18H25N5O4S. The van der Waals surface area contributed by atoms with Crippen molar-refractivity contribution in [2.75, 3.05) is 19.6 Å². The Morgan fingerprint density at radius 1 is 1.36 bits per heavy atom. The van der Waals surface area contributed by atoms with E-state index in [4.69, 9.17) is 10.8 Å². The molecule has 28 heavy (non-hydrogen) atoms. The third-order valence-corrected chi connectivity index (χ3v) is 6.14. The third-order valence-electron chi connectivity index (χ3n) is 5.02. The van der Waals surface area contributed by atoms with Crippen LogP contribution in [0, 0.1) is 6.92 Å². The number of nitrogens with zero attached hydrogens (tertiary/aromatic N) is 3. The molecule has 3 amide bonds. The summed E-state index contributed by atoms with van der Waals surface area (Å²) in [6.07, 6.45) is 5.90. The number of rotatable bonds is 7. The SMILES string of the molecule is Cc1nn(C2CCCCC2)c2sc(C(=O)NCCN(CC(=O)O)C(N)=O)cc12. The van der Waals surface area contributed by atoms with E-state index in [0.717, 1.165) is 33.7 Å². The van der Waals surface area contributed by atoms with Gasteiger partial charge in [0.05, 0.1) is 16.6 Å². The minimum absolute atomic E-state index is 0.0349. The van der Waals surface area contributed by atoms with E-state index >= 15 is 0 Å². The average molecular weight is 407 g/mol. The van der Waals surface area contributed by atoms with Crippen LogP contribution in [0.25, 0.3) is 10.2 Å². The quantitative estimate of drug-likeness (QED) is 0.647. The lowest BCUT2D eigenvalue weighted by Crippen LogP contribution is -2.43. The van der Waals surface area contributed by atoms with Crippen LogP contribution in [0.2, 0.25) is 0 Å². The summed E-state index contributed by atoms with van der Waals surface area (Å²) in [7, 11) is 0. The second-order valence-corrected chi connectivity index (χ2v) is 8.09. The van der Waals surface area contributed by atoms with Crippen LogP contribution in [-0.4, -0.2) is 57.3 Å². The number of fused-ring (bicyclic) bond motifs is 1. The molecule has 2 aromatic rings. The summed E-state index contributed by atoms with van der Waals surface area (Å²) in [5.41, 5.74) is 6.07. The van der Waals surface area contributed by atoms with Crippen LogP contribution in [-0.2, 0) is 4.79 Å². The summed E-state index contributed by atoms with van der Waals surface area (Å²) in [6, 6.07) is 1.40. The second-order valence-electron chi connectivity index (χ2n) is 7.06. The molecule has 3 rings (SSSR count). The maximum absolute atomic E-state index is 12.5. The molecule has 2 aromatic heterocycles. The summed E-state index contributed by atoms with van der Waals surface area (Å²) >= 11 is 1.41. The van der Waals surface area contributed by atoms with E-state index in [1.807, 2.05) is 13.0 Å². The molecule has 0 bridgehead atoms. The first-order valence-corrected chi connectivity index (χ1v) is 10.2. The molecule has 1 fully saturated rings. The van der Waals surface area contributed by atoms with Gasteiger partial charge in [-0.05, 0) is 25.8 Å². The number of nitrogens with one attached hydrogen (secondary N) is 1. The van der Waals surface area contributed by atoms with E-state index < -0.39 is 18.5 Å². The van der Waals surface area contributed by atoms with E-state index in [0.29, 0.717) is 10.9 Å². The Morgan fingerprint density at radius 3 is 2.71 bits per heavy atom. The van der Waals surface area contributed by atoms with Gasteiger partial charge in [0.25, 0.3) is 5.91 Å². The number of thiophene rings is 1. The number of carboxylic acid groups (broad SMARTS) is 1. The number of nitrogens with two attached hydrogens (primary N) is 1. The van der Waals surface area contributed by atoms with Gasteiger partial charge in [0.1, 0.15) is 11.4 Å². The van der Waals surface area contributed by atoms with Crippen LogP contribution in [0.5, 0.6) is 0 Å². The first-order chi connectivity index (χ1) is 13.4. The number of aliphatic carboxylic acids is 1. The molecule has 0 radical (unpaired) electrons. The van der Waals surface area contributed by atoms with Crippen molar-refractivity contribution in [3.05, 3.63) is 16.6 Å². The van der Waals surface area contributed by atoms with E-state index in [-0.39, 0.29) is 19.0 Å². The van der Waals surface area contributed by atoms with Crippen LogP contribution in [0.4, 0.5) is 4.79 Å². The maximum Gasteiger partial charge on any atom is 0.323 e. The van der Waals surface area contributed by atoms with Gasteiger partial charge in [0.15, 0.2) is 0 Å². The predicted octanol–water partition coefficient (Wildman–Crippen LogP) is 2.11. The van der Waals surface area contributed by atoms with E-state index in [2.05, 4.69) is 15.1 Å². The predicted molar refractivity (Wildman–Crippen MR) is 106 cm³/mol. The zero-order valence-corrected chi connectivity index (χ0v) is 16.6. The molecule has 1 saturated carbocycles. The third kappa shape index (κ3) is 4.44. The topological polar surface area (TPSA) is 131 Å². The summed E-state index contributed by atoms with van der Waals surface area (Å²) in [5, 5.41) is 17.2. The fourth-order valence-electron chi connectivity index (χ4n) is 3.58. The summed E-state index contributed by atoms with van der Waals surface area (Å²) in [6.45, 7) is 1.61. The first-order valence-electron chi connectivity index (χ1n) is 9.40. The number of aromatic nitrogens is 2. The molecule has 0 unspecified atom stereocenters. The molecule has 1 aliphatic carbocycles. The van der Waals surface area contributed by atoms with Gasteiger partial charge in [-0.25, -0.2) is 4.79 Å². The number of amides is 3. The molecule has 9 nitrogen and oxygen atoms in total. The van der Waals surface area contributed by atoms with Crippen molar-refractivity contribution in [1.82, 2.24) is 20.0 Å².